The van der Waals surface area contributed by atoms with Gasteiger partial charge in [-0.25, -0.2) is 20.0 Å². The summed E-state index contributed by atoms with van der Waals surface area (Å²) < 4.78 is 25.9. The average molecular weight is 439 g/mol. The van der Waals surface area contributed by atoms with Crippen LogP contribution >= 0.6 is 7.52 Å². The Morgan fingerprint density at radius 2 is 2.10 bits per heavy atom. The van der Waals surface area contributed by atoms with Crippen molar-refractivity contribution in [1.82, 2.24) is 24.6 Å². The maximum absolute atomic E-state index is 13.2. The standard InChI is InChI=1S/C17H26N7O5P/c1-11(7-24-9-21-14-15(18)19-8-20-16(14)24)28-10-30(27,23-12(2)17(25)26)29-22-13-5-3-4-6-13/h8-9,11-12H,3-7,10H2,1-2H3,(H,23,27)(H,25,26)(H2,18,19,20)/t11-,12+,30-/m1/s1. The highest BCUT2D eigenvalue weighted by atomic mass is 31.2. The van der Waals surface area contributed by atoms with Crippen LogP contribution in [-0.2, 0) is 25.3 Å². The molecule has 1 fully saturated rings. The van der Waals surface area contributed by atoms with Gasteiger partial charge in [-0.05, 0) is 39.5 Å². The van der Waals surface area contributed by atoms with Crippen molar-refractivity contribution in [3.05, 3.63) is 12.7 Å². The van der Waals surface area contributed by atoms with Crippen LogP contribution in [0.4, 0.5) is 5.82 Å². The van der Waals surface area contributed by atoms with Crippen LogP contribution < -0.4 is 10.8 Å². The Hall–Kier alpha value is -2.56. The third-order valence-electron chi connectivity index (χ3n) is 4.66. The number of carboxylic acid groups (broad SMARTS) is 1. The fourth-order valence-corrected chi connectivity index (χ4v) is 4.59. The number of hydrogen-bond acceptors (Lipinski definition) is 9. The molecule has 1 aliphatic carbocycles. The predicted molar refractivity (Wildman–Crippen MR) is 110 cm³/mol. The van der Waals surface area contributed by atoms with E-state index in [-0.39, 0.29) is 12.2 Å². The summed E-state index contributed by atoms with van der Waals surface area (Å²) in [6.45, 7) is 3.52. The van der Waals surface area contributed by atoms with Crippen molar-refractivity contribution in [1.29, 1.82) is 0 Å². The number of imidazole rings is 1. The summed E-state index contributed by atoms with van der Waals surface area (Å²) in [7, 11) is -3.69. The number of rotatable bonds is 10. The number of aromatic nitrogens is 4. The molecule has 30 heavy (non-hydrogen) atoms. The first-order valence-corrected chi connectivity index (χ1v) is 11.5. The van der Waals surface area contributed by atoms with Gasteiger partial charge in [-0.2, -0.15) is 0 Å². The molecule has 0 bridgehead atoms. The maximum atomic E-state index is 13.2. The van der Waals surface area contributed by atoms with E-state index >= 15 is 0 Å². The molecule has 4 N–H and O–H groups in total. The van der Waals surface area contributed by atoms with E-state index in [0.29, 0.717) is 17.7 Å². The molecule has 164 valence electrons. The van der Waals surface area contributed by atoms with Crippen molar-refractivity contribution >= 4 is 36.2 Å². The molecule has 2 aromatic rings. The van der Waals surface area contributed by atoms with Crippen LogP contribution in [0.3, 0.4) is 0 Å². The molecule has 0 aliphatic heterocycles. The lowest BCUT2D eigenvalue weighted by atomic mass is 10.3. The van der Waals surface area contributed by atoms with Crippen molar-refractivity contribution in [2.75, 3.05) is 12.1 Å². The molecule has 0 radical (unpaired) electrons. The van der Waals surface area contributed by atoms with E-state index in [1.54, 1.807) is 17.8 Å². The van der Waals surface area contributed by atoms with Crippen molar-refractivity contribution < 1.29 is 23.8 Å². The van der Waals surface area contributed by atoms with E-state index in [4.69, 9.17) is 20.2 Å². The second kappa shape index (κ2) is 9.50. The minimum absolute atomic E-state index is 0.281. The fourth-order valence-electron chi connectivity index (χ4n) is 3.02. The normalized spacial score (nSPS) is 18.1. The molecule has 13 heteroatoms. The SMILES string of the molecule is C[C@H](Cn1cnc2c(N)ncnc21)OC[P@](=O)(N[C@@H](C)C(=O)O)ON=C1CCCC1. The number of nitrogens with two attached hydrogens (primary N) is 1. The van der Waals surface area contributed by atoms with Crippen LogP contribution in [0.1, 0.15) is 39.5 Å². The smallest absolute Gasteiger partial charge is 0.364 e. The Morgan fingerprint density at radius 1 is 1.37 bits per heavy atom. The van der Waals surface area contributed by atoms with E-state index in [2.05, 4.69) is 25.2 Å². The summed E-state index contributed by atoms with van der Waals surface area (Å²) in [5.74, 6) is -0.870. The number of nitrogens with one attached hydrogen (secondary N) is 1. The summed E-state index contributed by atoms with van der Waals surface area (Å²) in [6.07, 6.45) is 5.75. The highest BCUT2D eigenvalue weighted by molar-refractivity contribution is 7.56. The van der Waals surface area contributed by atoms with Gasteiger partial charge in [0.15, 0.2) is 11.5 Å². The minimum Gasteiger partial charge on any atom is -0.480 e. The van der Waals surface area contributed by atoms with Gasteiger partial charge in [-0.1, -0.05) is 5.16 Å². The maximum Gasteiger partial charge on any atom is 0.364 e. The van der Waals surface area contributed by atoms with E-state index in [1.165, 1.54) is 13.3 Å². The number of anilines is 1. The first-order chi connectivity index (χ1) is 14.3. The Bertz CT molecular complexity index is 971. The average Bonchev–Trinajstić information content (AvgIpc) is 3.36. The monoisotopic (exact) mass is 439 g/mol. The molecule has 0 saturated heterocycles. The molecule has 0 aromatic carbocycles. The first-order valence-electron chi connectivity index (χ1n) is 9.64. The lowest BCUT2D eigenvalue weighted by Gasteiger charge is -2.22. The number of carbonyl (C=O) groups is 1. The number of carboxylic acids is 1. The van der Waals surface area contributed by atoms with Gasteiger partial charge in [0.05, 0.1) is 24.7 Å². The van der Waals surface area contributed by atoms with Gasteiger partial charge in [-0.3, -0.25) is 9.36 Å². The fraction of sp³-hybridized carbons (Fsp3) is 0.588. The van der Waals surface area contributed by atoms with Gasteiger partial charge in [-0.15, -0.1) is 0 Å². The minimum atomic E-state index is -3.69. The zero-order valence-corrected chi connectivity index (χ0v) is 17.8. The summed E-state index contributed by atoms with van der Waals surface area (Å²) in [6, 6.07) is -1.09. The van der Waals surface area contributed by atoms with Crippen LogP contribution in [0.2, 0.25) is 0 Å². The number of ether oxygens (including phenoxy) is 1. The highest BCUT2D eigenvalue weighted by Crippen LogP contribution is 2.44. The lowest BCUT2D eigenvalue weighted by Crippen LogP contribution is -2.33. The largest absolute Gasteiger partial charge is 0.480 e. The zero-order chi connectivity index (χ0) is 21.7. The van der Waals surface area contributed by atoms with Gasteiger partial charge in [0.1, 0.15) is 24.2 Å². The van der Waals surface area contributed by atoms with Gasteiger partial charge in [0, 0.05) is 0 Å². The summed E-state index contributed by atoms with van der Waals surface area (Å²) >= 11 is 0. The molecule has 1 saturated carbocycles. The van der Waals surface area contributed by atoms with E-state index in [1.807, 2.05) is 0 Å². The number of hydrogen-bond donors (Lipinski definition) is 3. The number of oxime groups is 1. The summed E-state index contributed by atoms with van der Waals surface area (Å²) in [4.78, 5) is 23.5. The summed E-state index contributed by atoms with van der Waals surface area (Å²) in [5, 5.41) is 15.6. The molecule has 0 spiro atoms. The van der Waals surface area contributed by atoms with Crippen LogP contribution in [0.25, 0.3) is 11.2 Å². The molecule has 2 heterocycles. The van der Waals surface area contributed by atoms with Crippen LogP contribution in [0.5, 0.6) is 0 Å². The van der Waals surface area contributed by atoms with Crippen LogP contribution in [0, 0.1) is 0 Å². The van der Waals surface area contributed by atoms with E-state index in [9.17, 15) is 9.36 Å². The molecule has 0 unspecified atom stereocenters. The topological polar surface area (TPSA) is 167 Å². The van der Waals surface area contributed by atoms with Crippen LogP contribution in [0.15, 0.2) is 17.8 Å². The van der Waals surface area contributed by atoms with Gasteiger partial charge in [0.25, 0.3) is 0 Å². The molecule has 2 aromatic heterocycles. The molecule has 3 rings (SSSR count). The van der Waals surface area contributed by atoms with E-state index < -0.39 is 25.6 Å². The van der Waals surface area contributed by atoms with E-state index in [0.717, 1.165) is 31.4 Å². The number of aliphatic carboxylic acids is 1. The predicted octanol–water partition coefficient (Wildman–Crippen LogP) is 1.97. The highest BCUT2D eigenvalue weighted by Gasteiger charge is 2.31. The molecular formula is C17H26N7O5P. The Kier molecular flexibility index (Phi) is 7.01. The van der Waals surface area contributed by atoms with Crippen LogP contribution in [-0.4, -0.2) is 54.8 Å². The third kappa shape index (κ3) is 5.53. The zero-order valence-electron chi connectivity index (χ0n) is 16.9. The Morgan fingerprint density at radius 3 is 2.80 bits per heavy atom. The molecular weight excluding hydrogens is 413 g/mol. The van der Waals surface area contributed by atoms with Gasteiger partial charge in [0.2, 0.25) is 0 Å². The first kappa shape index (κ1) is 22.1. The molecule has 0 amide bonds. The Labute approximate surface area is 173 Å². The Balaban J connectivity index is 1.65. The lowest BCUT2D eigenvalue weighted by molar-refractivity contribution is -0.138. The number of nitrogens with zero attached hydrogens (tertiary/aromatic N) is 5. The molecule has 3 atom stereocenters. The second-order valence-corrected chi connectivity index (χ2v) is 9.27. The quantitative estimate of drug-likeness (QED) is 0.368. The number of fused-ring (bicyclic) bond motifs is 1. The summed E-state index contributed by atoms with van der Waals surface area (Å²) in [5.41, 5.74) is 7.65. The van der Waals surface area contributed by atoms with Crippen molar-refractivity contribution in [2.24, 2.45) is 5.16 Å². The van der Waals surface area contributed by atoms with Gasteiger partial charge < -0.3 is 24.8 Å². The van der Waals surface area contributed by atoms with Crippen molar-refractivity contribution in [3.63, 3.8) is 0 Å². The second-order valence-electron chi connectivity index (χ2n) is 7.24. The van der Waals surface area contributed by atoms with Crippen molar-refractivity contribution in [3.8, 4) is 0 Å². The number of nitrogen functional groups attached to an aromatic ring is 1. The molecule has 12 nitrogen and oxygen atoms in total. The third-order valence-corrected chi connectivity index (χ3v) is 6.27. The van der Waals surface area contributed by atoms with Crippen molar-refractivity contribution in [2.45, 2.75) is 58.2 Å². The molecule has 1 aliphatic rings. The van der Waals surface area contributed by atoms with Gasteiger partial charge >= 0.3 is 13.5 Å².